The second-order valence-electron chi connectivity index (χ2n) is 4.91. The first-order chi connectivity index (χ1) is 8.70. The van der Waals surface area contributed by atoms with Gasteiger partial charge in [0.05, 0.1) is 12.9 Å². The molecule has 96 valence electrons. The van der Waals surface area contributed by atoms with Crippen molar-refractivity contribution in [2.75, 3.05) is 18.9 Å². The molecule has 0 amide bonds. The minimum atomic E-state index is -0.248. The molecule has 3 rings (SSSR count). The van der Waals surface area contributed by atoms with E-state index in [2.05, 4.69) is 15.0 Å². The van der Waals surface area contributed by atoms with Crippen molar-refractivity contribution in [2.45, 2.75) is 13.0 Å². The van der Waals surface area contributed by atoms with E-state index in [9.17, 15) is 10.2 Å². The monoisotopic (exact) mass is 249 g/mol. The van der Waals surface area contributed by atoms with E-state index in [4.69, 9.17) is 5.73 Å². The summed E-state index contributed by atoms with van der Waals surface area (Å²) in [4.78, 5) is 12.2. The van der Waals surface area contributed by atoms with Gasteiger partial charge in [-0.3, -0.25) is 0 Å². The molecule has 1 aliphatic rings. The van der Waals surface area contributed by atoms with Crippen molar-refractivity contribution >= 4 is 17.0 Å². The van der Waals surface area contributed by atoms with Gasteiger partial charge in [0.25, 0.3) is 0 Å². The number of hydrogen-bond acceptors (Lipinski definition) is 6. The van der Waals surface area contributed by atoms with E-state index in [1.165, 1.54) is 6.33 Å². The molecule has 7 nitrogen and oxygen atoms in total. The van der Waals surface area contributed by atoms with Crippen LogP contribution in [0, 0.1) is 11.3 Å². The van der Waals surface area contributed by atoms with E-state index in [1.807, 2.05) is 4.57 Å². The zero-order valence-electron chi connectivity index (χ0n) is 9.82. The number of nitrogen functional groups attached to an aromatic ring is 1. The van der Waals surface area contributed by atoms with Crippen LogP contribution in [0.2, 0.25) is 0 Å². The molecule has 0 saturated heterocycles. The van der Waals surface area contributed by atoms with Crippen LogP contribution in [0.15, 0.2) is 12.7 Å². The molecule has 2 heterocycles. The number of hydrogen-bond donors (Lipinski definition) is 3. The van der Waals surface area contributed by atoms with Crippen LogP contribution in [-0.4, -0.2) is 42.9 Å². The first kappa shape index (κ1) is 11.4. The van der Waals surface area contributed by atoms with Crippen LogP contribution in [0.25, 0.3) is 11.2 Å². The van der Waals surface area contributed by atoms with Gasteiger partial charge in [-0.05, 0) is 12.3 Å². The Hall–Kier alpha value is -1.73. The van der Waals surface area contributed by atoms with Crippen LogP contribution in [0.1, 0.15) is 6.42 Å². The lowest BCUT2D eigenvalue weighted by Crippen LogP contribution is -2.19. The number of aromatic nitrogens is 4. The molecule has 2 aromatic rings. The summed E-state index contributed by atoms with van der Waals surface area (Å²) in [6, 6.07) is 0. The lowest BCUT2D eigenvalue weighted by atomic mass is 10.1. The van der Waals surface area contributed by atoms with E-state index in [1.54, 1.807) is 6.33 Å². The number of imidazole rings is 1. The first-order valence-electron chi connectivity index (χ1n) is 5.83. The van der Waals surface area contributed by atoms with E-state index in [0.29, 0.717) is 23.5 Å². The molecule has 0 unspecified atom stereocenters. The van der Waals surface area contributed by atoms with Gasteiger partial charge in [-0.25, -0.2) is 15.0 Å². The van der Waals surface area contributed by atoms with E-state index in [-0.39, 0.29) is 24.5 Å². The quantitative estimate of drug-likeness (QED) is 0.667. The highest BCUT2D eigenvalue weighted by molar-refractivity contribution is 5.81. The molecule has 0 spiro atoms. The Morgan fingerprint density at radius 1 is 1.39 bits per heavy atom. The smallest absolute Gasteiger partial charge is 0.165 e. The lowest BCUT2D eigenvalue weighted by Gasteiger charge is -2.14. The molecule has 1 fully saturated rings. The standard InChI is InChI=1S/C11H15N5O2/c12-9-8-10(14-5-13-9)16(6-15-8)3-11(4-18)1-7(11)2-17/h5-7,17-18H,1-4H2,(H2,12,13,14)/t7-,11+/m1/s1. The van der Waals surface area contributed by atoms with Crippen molar-refractivity contribution < 1.29 is 10.2 Å². The van der Waals surface area contributed by atoms with Crippen molar-refractivity contribution in [3.63, 3.8) is 0 Å². The molecule has 2 atom stereocenters. The molecule has 7 heteroatoms. The van der Waals surface area contributed by atoms with Gasteiger partial charge in [0.1, 0.15) is 11.8 Å². The Labute approximate surface area is 103 Å². The van der Waals surface area contributed by atoms with Crippen molar-refractivity contribution in [2.24, 2.45) is 11.3 Å². The Kier molecular flexibility index (Phi) is 2.46. The van der Waals surface area contributed by atoms with Gasteiger partial charge in [-0.2, -0.15) is 0 Å². The summed E-state index contributed by atoms with van der Waals surface area (Å²) in [7, 11) is 0. The predicted octanol–water partition coefficient (Wildman–Crippen LogP) is -0.601. The highest BCUT2D eigenvalue weighted by atomic mass is 16.3. The van der Waals surface area contributed by atoms with Crippen LogP contribution in [-0.2, 0) is 6.54 Å². The molecule has 4 N–H and O–H groups in total. The predicted molar refractivity (Wildman–Crippen MR) is 64.4 cm³/mol. The molecule has 0 radical (unpaired) electrons. The third-order valence-corrected chi connectivity index (χ3v) is 3.81. The van der Waals surface area contributed by atoms with Crippen LogP contribution < -0.4 is 5.73 Å². The number of nitrogens with two attached hydrogens (primary N) is 1. The van der Waals surface area contributed by atoms with E-state index in [0.717, 1.165) is 6.42 Å². The van der Waals surface area contributed by atoms with Gasteiger partial charge in [-0.1, -0.05) is 0 Å². The van der Waals surface area contributed by atoms with E-state index < -0.39 is 0 Å². The Bertz CT molecular complexity index is 584. The van der Waals surface area contributed by atoms with Gasteiger partial charge >= 0.3 is 0 Å². The fourth-order valence-corrected chi connectivity index (χ4v) is 2.48. The SMILES string of the molecule is Nc1ncnc2c1ncn2C[C@]1(CO)C[C@@H]1CO. The minimum Gasteiger partial charge on any atom is -0.396 e. The molecular formula is C11H15N5O2. The van der Waals surface area contributed by atoms with Crippen molar-refractivity contribution in [3.05, 3.63) is 12.7 Å². The number of aliphatic hydroxyl groups is 2. The van der Waals surface area contributed by atoms with Gasteiger partial charge in [0, 0.05) is 18.6 Å². The first-order valence-corrected chi connectivity index (χ1v) is 5.83. The Morgan fingerprint density at radius 2 is 2.22 bits per heavy atom. The molecule has 1 aliphatic carbocycles. The number of aliphatic hydroxyl groups excluding tert-OH is 2. The van der Waals surface area contributed by atoms with Crippen molar-refractivity contribution in [1.82, 2.24) is 19.5 Å². The van der Waals surface area contributed by atoms with Crippen molar-refractivity contribution in [3.8, 4) is 0 Å². The average Bonchev–Trinajstić information content (AvgIpc) is 2.94. The topological polar surface area (TPSA) is 110 Å². The Morgan fingerprint density at radius 3 is 2.89 bits per heavy atom. The van der Waals surface area contributed by atoms with Gasteiger partial charge in [-0.15, -0.1) is 0 Å². The van der Waals surface area contributed by atoms with Crippen LogP contribution in [0.3, 0.4) is 0 Å². The van der Waals surface area contributed by atoms with Crippen LogP contribution >= 0.6 is 0 Å². The maximum absolute atomic E-state index is 9.48. The van der Waals surface area contributed by atoms with Crippen LogP contribution in [0.5, 0.6) is 0 Å². The molecule has 0 aliphatic heterocycles. The highest BCUT2D eigenvalue weighted by Crippen LogP contribution is 2.53. The minimum absolute atomic E-state index is 0.0540. The maximum atomic E-state index is 9.48. The second-order valence-corrected chi connectivity index (χ2v) is 4.91. The summed E-state index contributed by atoms with van der Waals surface area (Å²) in [5.74, 6) is 0.505. The van der Waals surface area contributed by atoms with Gasteiger partial charge in [0.2, 0.25) is 0 Å². The average molecular weight is 249 g/mol. The number of anilines is 1. The van der Waals surface area contributed by atoms with Crippen LogP contribution in [0.4, 0.5) is 5.82 Å². The summed E-state index contributed by atoms with van der Waals surface area (Å²) < 4.78 is 1.86. The third-order valence-electron chi connectivity index (χ3n) is 3.81. The van der Waals surface area contributed by atoms with Gasteiger partial charge < -0.3 is 20.5 Å². The molecule has 18 heavy (non-hydrogen) atoms. The summed E-state index contributed by atoms with van der Waals surface area (Å²) in [6.45, 7) is 0.741. The number of fused-ring (bicyclic) bond motifs is 1. The largest absolute Gasteiger partial charge is 0.396 e. The Balaban J connectivity index is 1.94. The molecule has 0 bridgehead atoms. The third kappa shape index (κ3) is 1.55. The van der Waals surface area contributed by atoms with Crippen molar-refractivity contribution in [1.29, 1.82) is 0 Å². The zero-order chi connectivity index (χ0) is 12.8. The zero-order valence-corrected chi connectivity index (χ0v) is 9.82. The number of rotatable bonds is 4. The molecule has 1 saturated carbocycles. The lowest BCUT2D eigenvalue weighted by molar-refractivity contribution is 0.158. The fourth-order valence-electron chi connectivity index (χ4n) is 2.48. The fraction of sp³-hybridized carbons (Fsp3) is 0.545. The summed E-state index contributed by atoms with van der Waals surface area (Å²) in [5.41, 5.74) is 6.71. The maximum Gasteiger partial charge on any atom is 0.165 e. The summed E-state index contributed by atoms with van der Waals surface area (Å²) in [6.07, 6.45) is 3.87. The molecular weight excluding hydrogens is 234 g/mol. The molecule has 2 aromatic heterocycles. The second kappa shape index (κ2) is 3.89. The normalized spacial score (nSPS) is 26.7. The highest BCUT2D eigenvalue weighted by Gasteiger charge is 2.53. The van der Waals surface area contributed by atoms with E-state index >= 15 is 0 Å². The summed E-state index contributed by atoms with van der Waals surface area (Å²) >= 11 is 0. The summed E-state index contributed by atoms with van der Waals surface area (Å²) in [5, 5.41) is 18.7. The van der Waals surface area contributed by atoms with Gasteiger partial charge in [0.15, 0.2) is 11.5 Å². The molecule has 0 aromatic carbocycles. The number of nitrogens with zero attached hydrogens (tertiary/aromatic N) is 4.